The molecule has 0 fully saturated rings. The number of carboxylic acids is 1. The standard InChI is InChI=1S/C19H15N3O3/c1-12-16(10-15-4-2-3-5-17(15)21-12)18(23)22-20-11-13-6-8-14(9-7-13)19(24)25/h2-11H,1H3,(H,22,23)(H,24,25)/b20-11+. The summed E-state index contributed by atoms with van der Waals surface area (Å²) in [6.45, 7) is 1.77. The van der Waals surface area contributed by atoms with Crippen LogP contribution < -0.4 is 5.43 Å². The van der Waals surface area contributed by atoms with Crippen LogP contribution in [0.4, 0.5) is 0 Å². The van der Waals surface area contributed by atoms with Crippen LogP contribution >= 0.6 is 0 Å². The van der Waals surface area contributed by atoms with E-state index in [4.69, 9.17) is 5.11 Å². The highest BCUT2D eigenvalue weighted by Crippen LogP contribution is 2.16. The highest BCUT2D eigenvalue weighted by Gasteiger charge is 2.10. The number of aryl methyl sites for hydroxylation is 1. The van der Waals surface area contributed by atoms with Crippen LogP contribution in [0.2, 0.25) is 0 Å². The Morgan fingerprint density at radius 2 is 1.84 bits per heavy atom. The maximum atomic E-state index is 12.3. The number of para-hydroxylation sites is 1. The molecule has 0 radical (unpaired) electrons. The van der Waals surface area contributed by atoms with Gasteiger partial charge in [-0.3, -0.25) is 9.78 Å². The van der Waals surface area contributed by atoms with Crippen LogP contribution in [0.15, 0.2) is 59.7 Å². The number of carbonyl (C=O) groups excluding carboxylic acids is 1. The number of rotatable bonds is 4. The molecule has 3 rings (SSSR count). The zero-order chi connectivity index (χ0) is 17.8. The summed E-state index contributed by atoms with van der Waals surface area (Å²) >= 11 is 0. The summed E-state index contributed by atoms with van der Waals surface area (Å²) in [5, 5.41) is 13.7. The minimum Gasteiger partial charge on any atom is -0.478 e. The van der Waals surface area contributed by atoms with Gasteiger partial charge in [0.2, 0.25) is 0 Å². The number of amides is 1. The lowest BCUT2D eigenvalue weighted by Crippen LogP contribution is -2.19. The lowest BCUT2D eigenvalue weighted by molar-refractivity contribution is 0.0696. The number of fused-ring (bicyclic) bond motifs is 1. The fourth-order valence-corrected chi connectivity index (χ4v) is 2.38. The summed E-state index contributed by atoms with van der Waals surface area (Å²) in [7, 11) is 0. The van der Waals surface area contributed by atoms with E-state index >= 15 is 0 Å². The highest BCUT2D eigenvalue weighted by atomic mass is 16.4. The summed E-state index contributed by atoms with van der Waals surface area (Å²) in [6, 6.07) is 15.5. The van der Waals surface area contributed by atoms with Gasteiger partial charge in [-0.05, 0) is 36.8 Å². The molecule has 2 aromatic carbocycles. The molecule has 124 valence electrons. The van der Waals surface area contributed by atoms with E-state index in [1.807, 2.05) is 24.3 Å². The number of hydrogen-bond donors (Lipinski definition) is 2. The van der Waals surface area contributed by atoms with Gasteiger partial charge in [0.05, 0.1) is 28.6 Å². The van der Waals surface area contributed by atoms with E-state index in [0.717, 1.165) is 10.9 Å². The number of pyridine rings is 1. The first-order valence-corrected chi connectivity index (χ1v) is 7.58. The van der Waals surface area contributed by atoms with Gasteiger partial charge in [0.25, 0.3) is 5.91 Å². The zero-order valence-corrected chi connectivity index (χ0v) is 13.4. The summed E-state index contributed by atoms with van der Waals surface area (Å²) < 4.78 is 0. The number of nitrogens with zero attached hydrogens (tertiary/aromatic N) is 2. The van der Waals surface area contributed by atoms with Gasteiger partial charge in [-0.15, -0.1) is 0 Å². The third-order valence-electron chi connectivity index (χ3n) is 3.70. The van der Waals surface area contributed by atoms with E-state index in [1.54, 1.807) is 25.1 Å². The van der Waals surface area contributed by atoms with Gasteiger partial charge in [-0.1, -0.05) is 30.3 Å². The number of carbonyl (C=O) groups is 2. The fourth-order valence-electron chi connectivity index (χ4n) is 2.38. The third-order valence-corrected chi connectivity index (χ3v) is 3.70. The normalized spacial score (nSPS) is 10.9. The molecule has 6 nitrogen and oxygen atoms in total. The Labute approximate surface area is 143 Å². The highest BCUT2D eigenvalue weighted by molar-refractivity contribution is 5.99. The van der Waals surface area contributed by atoms with Crippen molar-refractivity contribution in [3.05, 3.63) is 77.0 Å². The van der Waals surface area contributed by atoms with Gasteiger partial charge in [0.1, 0.15) is 0 Å². The summed E-state index contributed by atoms with van der Waals surface area (Å²) in [5.41, 5.74) is 5.25. The van der Waals surface area contributed by atoms with Crippen LogP contribution in [-0.2, 0) is 0 Å². The molecule has 0 aliphatic heterocycles. The van der Waals surface area contributed by atoms with Crippen molar-refractivity contribution in [2.75, 3.05) is 0 Å². The Morgan fingerprint density at radius 3 is 2.56 bits per heavy atom. The van der Waals surface area contributed by atoms with Crippen LogP contribution in [0.5, 0.6) is 0 Å². The molecule has 0 aliphatic carbocycles. The Hall–Kier alpha value is -3.54. The molecule has 1 amide bonds. The lowest BCUT2D eigenvalue weighted by atomic mass is 10.1. The van der Waals surface area contributed by atoms with Crippen molar-refractivity contribution in [2.24, 2.45) is 5.10 Å². The maximum Gasteiger partial charge on any atom is 0.335 e. The molecule has 0 atom stereocenters. The third kappa shape index (κ3) is 3.69. The summed E-state index contributed by atoms with van der Waals surface area (Å²) in [6.07, 6.45) is 1.45. The van der Waals surface area contributed by atoms with Crippen molar-refractivity contribution in [1.82, 2.24) is 10.4 Å². The maximum absolute atomic E-state index is 12.3. The molecule has 25 heavy (non-hydrogen) atoms. The van der Waals surface area contributed by atoms with Gasteiger partial charge in [0.15, 0.2) is 0 Å². The molecular formula is C19H15N3O3. The van der Waals surface area contributed by atoms with E-state index in [-0.39, 0.29) is 11.5 Å². The zero-order valence-electron chi connectivity index (χ0n) is 13.4. The number of aromatic nitrogens is 1. The van der Waals surface area contributed by atoms with E-state index in [2.05, 4.69) is 15.5 Å². The summed E-state index contributed by atoms with van der Waals surface area (Å²) in [5.74, 6) is -1.34. The van der Waals surface area contributed by atoms with Crippen molar-refractivity contribution in [1.29, 1.82) is 0 Å². The van der Waals surface area contributed by atoms with Gasteiger partial charge >= 0.3 is 5.97 Å². The van der Waals surface area contributed by atoms with E-state index < -0.39 is 5.97 Å². The second-order valence-electron chi connectivity index (χ2n) is 5.44. The Balaban J connectivity index is 1.74. The van der Waals surface area contributed by atoms with E-state index in [1.165, 1.54) is 18.3 Å². The van der Waals surface area contributed by atoms with Crippen LogP contribution in [0, 0.1) is 6.92 Å². The summed E-state index contributed by atoms with van der Waals surface area (Å²) in [4.78, 5) is 27.5. The molecule has 2 N–H and O–H groups in total. The number of hydrazone groups is 1. The molecule has 0 saturated carbocycles. The second-order valence-corrected chi connectivity index (χ2v) is 5.44. The van der Waals surface area contributed by atoms with Crippen LogP contribution in [0.3, 0.4) is 0 Å². The molecule has 0 saturated heterocycles. The van der Waals surface area contributed by atoms with Crippen LogP contribution in [0.25, 0.3) is 10.9 Å². The molecule has 3 aromatic rings. The predicted molar refractivity (Wildman–Crippen MR) is 94.9 cm³/mol. The minimum absolute atomic E-state index is 0.194. The number of aromatic carboxylic acids is 1. The molecule has 0 spiro atoms. The van der Waals surface area contributed by atoms with Gasteiger partial charge < -0.3 is 5.11 Å². The first-order valence-electron chi connectivity index (χ1n) is 7.58. The number of carboxylic acid groups (broad SMARTS) is 1. The molecule has 0 unspecified atom stereocenters. The number of hydrogen-bond acceptors (Lipinski definition) is 4. The van der Waals surface area contributed by atoms with Crippen molar-refractivity contribution in [3.8, 4) is 0 Å². The largest absolute Gasteiger partial charge is 0.478 e. The Kier molecular flexibility index (Phi) is 4.52. The fraction of sp³-hybridized carbons (Fsp3) is 0.0526. The van der Waals surface area contributed by atoms with Crippen molar-refractivity contribution < 1.29 is 14.7 Å². The topological polar surface area (TPSA) is 91.7 Å². The average Bonchev–Trinajstić information content (AvgIpc) is 2.61. The van der Waals surface area contributed by atoms with Crippen LogP contribution in [-0.4, -0.2) is 28.2 Å². The number of nitrogens with one attached hydrogen (secondary N) is 1. The van der Waals surface area contributed by atoms with E-state index in [0.29, 0.717) is 16.8 Å². The Bertz CT molecular complexity index is 979. The lowest BCUT2D eigenvalue weighted by Gasteiger charge is -2.06. The van der Waals surface area contributed by atoms with Crippen molar-refractivity contribution in [2.45, 2.75) is 6.92 Å². The monoisotopic (exact) mass is 333 g/mol. The van der Waals surface area contributed by atoms with Gasteiger partial charge in [-0.25, -0.2) is 10.2 Å². The van der Waals surface area contributed by atoms with E-state index in [9.17, 15) is 9.59 Å². The SMILES string of the molecule is Cc1nc2ccccc2cc1C(=O)N/N=C/c1ccc(C(=O)O)cc1. The minimum atomic E-state index is -0.990. The predicted octanol–water partition coefficient (Wildman–Crippen LogP) is 3.01. The molecule has 0 aliphatic rings. The molecular weight excluding hydrogens is 318 g/mol. The molecule has 0 bridgehead atoms. The Morgan fingerprint density at radius 1 is 1.12 bits per heavy atom. The van der Waals surface area contributed by atoms with Gasteiger partial charge in [0, 0.05) is 5.39 Å². The number of benzene rings is 2. The van der Waals surface area contributed by atoms with Crippen molar-refractivity contribution in [3.63, 3.8) is 0 Å². The average molecular weight is 333 g/mol. The first kappa shape index (κ1) is 16.3. The van der Waals surface area contributed by atoms with Crippen molar-refractivity contribution >= 4 is 29.0 Å². The van der Waals surface area contributed by atoms with Gasteiger partial charge in [-0.2, -0.15) is 5.10 Å². The smallest absolute Gasteiger partial charge is 0.335 e. The second kappa shape index (κ2) is 6.92. The van der Waals surface area contributed by atoms with Crippen LogP contribution in [0.1, 0.15) is 32.0 Å². The molecule has 6 heteroatoms. The molecule has 1 aromatic heterocycles. The quantitative estimate of drug-likeness (QED) is 0.567. The molecule has 1 heterocycles. The first-order chi connectivity index (χ1) is 12.0.